The second-order valence-corrected chi connectivity index (χ2v) is 7.24. The van der Waals surface area contributed by atoms with Crippen molar-refractivity contribution in [1.82, 2.24) is 14.5 Å². The molecule has 1 amide bonds. The summed E-state index contributed by atoms with van der Waals surface area (Å²) in [6.07, 6.45) is 4.98. The van der Waals surface area contributed by atoms with Gasteiger partial charge in [0.05, 0.1) is 6.04 Å². The van der Waals surface area contributed by atoms with Crippen LogP contribution < -0.4 is 0 Å². The van der Waals surface area contributed by atoms with Crippen LogP contribution in [0.25, 0.3) is 5.82 Å². The molecular formula is C23H25N3O. The maximum atomic E-state index is 13.2. The van der Waals surface area contributed by atoms with Gasteiger partial charge in [-0.3, -0.25) is 4.79 Å². The minimum atomic E-state index is 0.0522. The van der Waals surface area contributed by atoms with Gasteiger partial charge in [-0.2, -0.15) is 0 Å². The number of piperidine rings is 1. The Morgan fingerprint density at radius 2 is 1.70 bits per heavy atom. The number of carbonyl (C=O) groups excluding carboxylic acids is 1. The van der Waals surface area contributed by atoms with Crippen LogP contribution in [0.1, 0.15) is 52.6 Å². The molecule has 0 saturated carbocycles. The molecule has 1 fully saturated rings. The molecule has 1 atom stereocenters. The first-order chi connectivity index (χ1) is 13.2. The van der Waals surface area contributed by atoms with Crippen LogP contribution in [0, 0.1) is 13.8 Å². The van der Waals surface area contributed by atoms with Crippen molar-refractivity contribution in [1.29, 1.82) is 0 Å². The number of amides is 1. The highest BCUT2D eigenvalue weighted by Crippen LogP contribution is 2.35. The molecule has 3 aromatic rings. The van der Waals surface area contributed by atoms with E-state index in [0.29, 0.717) is 0 Å². The van der Waals surface area contributed by atoms with Crippen LogP contribution in [-0.4, -0.2) is 26.9 Å². The minimum absolute atomic E-state index is 0.0522. The van der Waals surface area contributed by atoms with Gasteiger partial charge in [-0.05, 0) is 63.4 Å². The maximum Gasteiger partial charge on any atom is 0.254 e. The smallest absolute Gasteiger partial charge is 0.254 e. The Morgan fingerprint density at radius 3 is 2.44 bits per heavy atom. The summed E-state index contributed by atoms with van der Waals surface area (Å²) in [7, 11) is 0. The van der Waals surface area contributed by atoms with E-state index >= 15 is 0 Å². The SMILES string of the molecule is Cc1ccc(C)n1-c1ncccc1[C@@H]1CCCCN1C(=O)c1ccccc1. The van der Waals surface area contributed by atoms with E-state index in [9.17, 15) is 4.79 Å². The molecule has 0 radical (unpaired) electrons. The lowest BCUT2D eigenvalue weighted by molar-refractivity contribution is 0.0611. The second kappa shape index (κ2) is 7.39. The molecule has 1 saturated heterocycles. The van der Waals surface area contributed by atoms with Gasteiger partial charge in [-0.25, -0.2) is 4.98 Å². The normalized spacial score (nSPS) is 17.1. The highest BCUT2D eigenvalue weighted by Gasteiger charge is 2.31. The van der Waals surface area contributed by atoms with Crippen molar-refractivity contribution in [2.75, 3.05) is 6.54 Å². The van der Waals surface area contributed by atoms with Crippen LogP contribution in [0.2, 0.25) is 0 Å². The number of hydrogen-bond donors (Lipinski definition) is 0. The summed E-state index contributed by atoms with van der Waals surface area (Å²) in [5.74, 6) is 1.05. The molecule has 4 heteroatoms. The van der Waals surface area contributed by atoms with Crippen LogP contribution in [-0.2, 0) is 0 Å². The quantitative estimate of drug-likeness (QED) is 0.670. The van der Waals surface area contributed by atoms with Crippen molar-refractivity contribution in [3.8, 4) is 5.82 Å². The summed E-state index contributed by atoms with van der Waals surface area (Å²) >= 11 is 0. The number of benzene rings is 1. The van der Waals surface area contributed by atoms with Crippen molar-refractivity contribution < 1.29 is 4.79 Å². The molecule has 0 aliphatic carbocycles. The summed E-state index contributed by atoms with van der Waals surface area (Å²) in [5.41, 5.74) is 4.19. The van der Waals surface area contributed by atoms with Crippen LogP contribution in [0.4, 0.5) is 0 Å². The standard InChI is InChI=1S/C23H25N3O/c1-17-13-14-18(2)26(17)22-20(11-8-15-24-22)21-12-6-7-16-25(21)23(27)19-9-4-3-5-10-19/h3-5,8-11,13-15,21H,6-7,12,16H2,1-2H3/t21-/m0/s1. The van der Waals surface area contributed by atoms with E-state index in [1.165, 1.54) is 0 Å². The number of hydrogen-bond acceptors (Lipinski definition) is 2. The molecule has 0 N–H and O–H groups in total. The van der Waals surface area contributed by atoms with E-state index in [0.717, 1.165) is 54.1 Å². The Balaban J connectivity index is 1.77. The molecule has 4 nitrogen and oxygen atoms in total. The third-order valence-corrected chi connectivity index (χ3v) is 5.44. The number of rotatable bonds is 3. The van der Waals surface area contributed by atoms with Crippen LogP contribution in [0.5, 0.6) is 0 Å². The lowest BCUT2D eigenvalue weighted by Gasteiger charge is -2.37. The minimum Gasteiger partial charge on any atom is -0.331 e. The van der Waals surface area contributed by atoms with Crippen molar-refractivity contribution in [3.63, 3.8) is 0 Å². The number of aromatic nitrogens is 2. The van der Waals surface area contributed by atoms with E-state index in [1.807, 2.05) is 47.5 Å². The molecular weight excluding hydrogens is 334 g/mol. The lowest BCUT2D eigenvalue weighted by Crippen LogP contribution is -2.39. The van der Waals surface area contributed by atoms with Gasteiger partial charge < -0.3 is 9.47 Å². The third kappa shape index (κ3) is 3.27. The van der Waals surface area contributed by atoms with Crippen LogP contribution in [0.15, 0.2) is 60.8 Å². The fraction of sp³-hybridized carbons (Fsp3) is 0.304. The Morgan fingerprint density at radius 1 is 0.963 bits per heavy atom. The van der Waals surface area contributed by atoms with Crippen molar-refractivity contribution >= 4 is 5.91 Å². The summed E-state index contributed by atoms with van der Waals surface area (Å²) in [6, 6.07) is 18.0. The molecule has 2 aromatic heterocycles. The predicted molar refractivity (Wildman–Crippen MR) is 107 cm³/mol. The van der Waals surface area contributed by atoms with E-state index in [4.69, 9.17) is 4.98 Å². The lowest BCUT2D eigenvalue weighted by atomic mass is 9.94. The molecule has 4 rings (SSSR count). The van der Waals surface area contributed by atoms with Gasteiger partial charge in [0.15, 0.2) is 0 Å². The van der Waals surface area contributed by atoms with Gasteiger partial charge >= 0.3 is 0 Å². The average Bonchev–Trinajstić information content (AvgIpc) is 3.06. The molecule has 0 bridgehead atoms. The molecule has 27 heavy (non-hydrogen) atoms. The predicted octanol–water partition coefficient (Wildman–Crippen LogP) is 4.86. The molecule has 0 spiro atoms. The van der Waals surface area contributed by atoms with Gasteiger partial charge in [0.1, 0.15) is 5.82 Å². The first-order valence-electron chi connectivity index (χ1n) is 9.63. The number of carbonyl (C=O) groups is 1. The van der Waals surface area contributed by atoms with Crippen LogP contribution in [0.3, 0.4) is 0 Å². The zero-order chi connectivity index (χ0) is 18.8. The molecule has 0 unspecified atom stereocenters. The monoisotopic (exact) mass is 359 g/mol. The van der Waals surface area contributed by atoms with Gasteiger partial charge in [0, 0.05) is 35.3 Å². The van der Waals surface area contributed by atoms with Crippen molar-refractivity contribution in [2.45, 2.75) is 39.2 Å². The topological polar surface area (TPSA) is 38.1 Å². The highest BCUT2D eigenvalue weighted by atomic mass is 16.2. The molecule has 3 heterocycles. The first-order valence-corrected chi connectivity index (χ1v) is 9.63. The molecule has 1 aliphatic rings. The highest BCUT2D eigenvalue weighted by molar-refractivity contribution is 5.94. The Hall–Kier alpha value is -2.88. The fourth-order valence-corrected chi connectivity index (χ4v) is 4.10. The maximum absolute atomic E-state index is 13.2. The number of pyridine rings is 1. The van der Waals surface area contributed by atoms with E-state index in [-0.39, 0.29) is 11.9 Å². The number of aryl methyl sites for hydroxylation is 2. The zero-order valence-corrected chi connectivity index (χ0v) is 15.9. The van der Waals surface area contributed by atoms with Crippen molar-refractivity contribution in [2.24, 2.45) is 0 Å². The largest absolute Gasteiger partial charge is 0.331 e. The molecule has 1 aliphatic heterocycles. The summed E-state index contributed by atoms with van der Waals surface area (Å²) in [6.45, 7) is 4.98. The summed E-state index contributed by atoms with van der Waals surface area (Å²) in [4.78, 5) is 20.0. The van der Waals surface area contributed by atoms with Crippen molar-refractivity contribution in [3.05, 3.63) is 83.3 Å². The van der Waals surface area contributed by atoms with Crippen LogP contribution >= 0.6 is 0 Å². The Bertz CT molecular complexity index is 926. The molecule has 138 valence electrons. The first kappa shape index (κ1) is 17.5. The van der Waals surface area contributed by atoms with Gasteiger partial charge in [-0.15, -0.1) is 0 Å². The average molecular weight is 359 g/mol. The Kier molecular flexibility index (Phi) is 4.80. The number of likely N-dealkylation sites (tertiary alicyclic amines) is 1. The van der Waals surface area contributed by atoms with E-state index < -0.39 is 0 Å². The summed E-state index contributed by atoms with van der Waals surface area (Å²) < 4.78 is 2.19. The van der Waals surface area contributed by atoms with Gasteiger partial charge in [0.25, 0.3) is 5.91 Å². The zero-order valence-electron chi connectivity index (χ0n) is 15.9. The fourth-order valence-electron chi connectivity index (χ4n) is 4.10. The second-order valence-electron chi connectivity index (χ2n) is 7.24. The van der Waals surface area contributed by atoms with Gasteiger partial charge in [-0.1, -0.05) is 24.3 Å². The van der Waals surface area contributed by atoms with E-state index in [2.05, 4.69) is 36.6 Å². The van der Waals surface area contributed by atoms with Gasteiger partial charge in [0.2, 0.25) is 0 Å². The summed E-state index contributed by atoms with van der Waals surface area (Å²) in [5, 5.41) is 0. The third-order valence-electron chi connectivity index (χ3n) is 5.44. The Labute approximate surface area is 160 Å². The number of nitrogens with zero attached hydrogens (tertiary/aromatic N) is 3. The van der Waals surface area contributed by atoms with E-state index in [1.54, 1.807) is 0 Å². The molecule has 1 aromatic carbocycles.